The summed E-state index contributed by atoms with van der Waals surface area (Å²) in [5, 5.41) is 7.07. The van der Waals surface area contributed by atoms with Crippen LogP contribution in [0.25, 0.3) is 0 Å². The molecule has 2 aliphatic heterocycles. The number of hydrogen-bond donors (Lipinski definition) is 2. The lowest BCUT2D eigenvalue weighted by molar-refractivity contribution is -0.134. The van der Waals surface area contributed by atoms with Crippen molar-refractivity contribution in [2.75, 3.05) is 46.3 Å². The molecule has 28 heavy (non-hydrogen) atoms. The number of carbonyl (C=O) groups is 1. The summed E-state index contributed by atoms with van der Waals surface area (Å²) in [7, 11) is 1.84. The largest absolute Gasteiger partial charge is 0.356 e. The maximum atomic E-state index is 12.6. The smallest absolute Gasteiger partial charge is 0.225 e. The summed E-state index contributed by atoms with van der Waals surface area (Å²) in [5.41, 5.74) is 0. The highest BCUT2D eigenvalue weighted by atomic mass is 127. The van der Waals surface area contributed by atoms with Crippen LogP contribution < -0.4 is 10.6 Å². The Kier molecular flexibility index (Phi) is 10.3. The summed E-state index contributed by atoms with van der Waals surface area (Å²) in [6.45, 7) is 8.67. The van der Waals surface area contributed by atoms with Gasteiger partial charge >= 0.3 is 0 Å². The van der Waals surface area contributed by atoms with Crippen LogP contribution in [0, 0.1) is 11.8 Å². The van der Waals surface area contributed by atoms with Gasteiger partial charge in [0.1, 0.15) is 0 Å². The Hall–Kier alpha value is -0.570. The van der Waals surface area contributed by atoms with E-state index in [-0.39, 0.29) is 24.0 Å². The first-order valence-corrected chi connectivity index (χ1v) is 11.2. The van der Waals surface area contributed by atoms with Crippen LogP contribution in [0.3, 0.4) is 0 Å². The fourth-order valence-electron chi connectivity index (χ4n) is 4.87. The number of piperidine rings is 1. The fraction of sp³-hybridized carbons (Fsp3) is 0.905. The predicted octanol–water partition coefficient (Wildman–Crippen LogP) is 2.68. The average molecular weight is 505 g/mol. The van der Waals surface area contributed by atoms with Crippen molar-refractivity contribution < 1.29 is 4.79 Å². The number of amides is 1. The third kappa shape index (κ3) is 6.75. The van der Waals surface area contributed by atoms with Crippen molar-refractivity contribution in [3.63, 3.8) is 0 Å². The molecule has 1 amide bonds. The van der Waals surface area contributed by atoms with E-state index in [0.717, 1.165) is 50.8 Å². The molecule has 0 spiro atoms. The van der Waals surface area contributed by atoms with Crippen molar-refractivity contribution in [1.82, 2.24) is 20.4 Å². The molecular formula is C21H40IN5O. The van der Waals surface area contributed by atoms with E-state index in [1.54, 1.807) is 0 Å². The summed E-state index contributed by atoms with van der Waals surface area (Å²) in [6, 6.07) is 0.327. The first-order valence-electron chi connectivity index (χ1n) is 11.2. The number of nitrogens with zero attached hydrogens (tertiary/aromatic N) is 3. The first kappa shape index (κ1) is 23.7. The molecule has 0 aromatic heterocycles. The minimum atomic E-state index is 0. The van der Waals surface area contributed by atoms with E-state index in [1.165, 1.54) is 51.7 Å². The molecule has 0 aromatic carbocycles. The lowest BCUT2D eigenvalue weighted by atomic mass is 9.97. The molecule has 0 aromatic rings. The van der Waals surface area contributed by atoms with Crippen LogP contribution in [0.5, 0.6) is 0 Å². The summed E-state index contributed by atoms with van der Waals surface area (Å²) >= 11 is 0. The molecule has 1 aliphatic carbocycles. The Morgan fingerprint density at radius 2 is 1.79 bits per heavy atom. The fourth-order valence-corrected chi connectivity index (χ4v) is 4.87. The number of aliphatic imine (C=N–C) groups is 1. The molecule has 3 rings (SSSR count). The highest BCUT2D eigenvalue weighted by Gasteiger charge is 2.32. The number of guanidine groups is 1. The first-order chi connectivity index (χ1) is 13.2. The van der Waals surface area contributed by atoms with E-state index in [4.69, 9.17) is 0 Å². The van der Waals surface area contributed by atoms with Crippen molar-refractivity contribution in [3.8, 4) is 0 Å². The van der Waals surface area contributed by atoms with Crippen LogP contribution >= 0.6 is 24.0 Å². The lowest BCUT2D eigenvalue weighted by Gasteiger charge is -2.32. The molecule has 1 unspecified atom stereocenters. The Morgan fingerprint density at radius 3 is 2.43 bits per heavy atom. The molecule has 3 fully saturated rings. The Labute approximate surface area is 188 Å². The molecule has 0 radical (unpaired) electrons. The highest BCUT2D eigenvalue weighted by molar-refractivity contribution is 14.0. The molecule has 1 atom stereocenters. The zero-order valence-corrected chi connectivity index (χ0v) is 20.1. The van der Waals surface area contributed by atoms with E-state index < -0.39 is 0 Å². The van der Waals surface area contributed by atoms with Gasteiger partial charge in [0.05, 0.1) is 0 Å². The van der Waals surface area contributed by atoms with Gasteiger partial charge in [-0.2, -0.15) is 0 Å². The summed E-state index contributed by atoms with van der Waals surface area (Å²) in [4.78, 5) is 21.7. The second-order valence-electron chi connectivity index (χ2n) is 8.63. The van der Waals surface area contributed by atoms with Crippen molar-refractivity contribution >= 4 is 35.8 Å². The van der Waals surface area contributed by atoms with Gasteiger partial charge in [0.25, 0.3) is 0 Å². The van der Waals surface area contributed by atoms with Crippen molar-refractivity contribution in [2.45, 2.75) is 64.3 Å². The number of likely N-dealkylation sites (tertiary alicyclic amines) is 2. The zero-order valence-electron chi connectivity index (χ0n) is 17.8. The second-order valence-corrected chi connectivity index (χ2v) is 8.63. The van der Waals surface area contributed by atoms with E-state index in [1.807, 2.05) is 7.05 Å². The molecule has 7 heteroatoms. The van der Waals surface area contributed by atoms with Crippen molar-refractivity contribution in [1.29, 1.82) is 0 Å². The van der Waals surface area contributed by atoms with Gasteiger partial charge in [0.15, 0.2) is 5.96 Å². The molecule has 2 saturated heterocycles. The van der Waals surface area contributed by atoms with Crippen molar-refractivity contribution in [2.24, 2.45) is 16.8 Å². The number of rotatable bonds is 6. The third-order valence-electron chi connectivity index (χ3n) is 6.57. The van der Waals surface area contributed by atoms with Crippen molar-refractivity contribution in [3.05, 3.63) is 0 Å². The van der Waals surface area contributed by atoms with E-state index in [9.17, 15) is 4.79 Å². The number of nitrogens with one attached hydrogen (secondary N) is 2. The quantitative estimate of drug-likeness (QED) is 0.331. The van der Waals surface area contributed by atoms with Crippen LogP contribution in [0.1, 0.15) is 58.3 Å². The van der Waals surface area contributed by atoms with Gasteiger partial charge in [-0.15, -0.1) is 24.0 Å². The van der Waals surface area contributed by atoms with Gasteiger partial charge < -0.3 is 20.4 Å². The van der Waals surface area contributed by atoms with Crippen LogP contribution in [-0.4, -0.2) is 74.0 Å². The molecule has 2 N–H and O–H groups in total. The standard InChI is InChI=1S/C21H39N5O.HI/c1-3-11-25-12-8-17(9-13-25)15-23-21(22-2)24-19-10-14-26(16-19)20(27)18-6-4-5-7-18;/h17-19H,3-16H2,1-2H3,(H2,22,23,24);1H. The molecule has 162 valence electrons. The van der Waals surface area contributed by atoms with E-state index >= 15 is 0 Å². The van der Waals surface area contributed by atoms with Crippen LogP contribution in [-0.2, 0) is 4.79 Å². The second kappa shape index (κ2) is 12.2. The van der Waals surface area contributed by atoms with Gasteiger partial charge in [-0.3, -0.25) is 9.79 Å². The number of carbonyl (C=O) groups excluding carboxylic acids is 1. The van der Waals surface area contributed by atoms with Crippen LogP contribution in [0.4, 0.5) is 0 Å². The number of hydrogen-bond acceptors (Lipinski definition) is 3. The van der Waals surface area contributed by atoms with Crippen LogP contribution in [0.2, 0.25) is 0 Å². The summed E-state index contributed by atoms with van der Waals surface area (Å²) in [5.74, 6) is 2.31. The molecule has 3 aliphatic rings. The Balaban J connectivity index is 0.00000280. The highest BCUT2D eigenvalue weighted by Crippen LogP contribution is 2.27. The molecule has 6 nitrogen and oxygen atoms in total. The zero-order chi connectivity index (χ0) is 19.1. The summed E-state index contributed by atoms with van der Waals surface area (Å²) in [6.07, 6.45) is 9.45. The normalized spacial score (nSPS) is 25.0. The maximum Gasteiger partial charge on any atom is 0.225 e. The predicted molar refractivity (Wildman–Crippen MR) is 126 cm³/mol. The minimum Gasteiger partial charge on any atom is -0.356 e. The van der Waals surface area contributed by atoms with Gasteiger partial charge in [-0.05, 0) is 64.1 Å². The van der Waals surface area contributed by atoms with Gasteiger partial charge in [-0.1, -0.05) is 19.8 Å². The molecular weight excluding hydrogens is 465 g/mol. The van der Waals surface area contributed by atoms with Gasteiger partial charge in [-0.25, -0.2) is 0 Å². The lowest BCUT2D eigenvalue weighted by Crippen LogP contribution is -2.47. The Morgan fingerprint density at radius 1 is 1.07 bits per heavy atom. The SMILES string of the molecule is CCCN1CCC(CNC(=NC)NC2CCN(C(=O)C3CCCC3)C2)CC1.I. The van der Waals surface area contributed by atoms with Gasteiger partial charge in [0.2, 0.25) is 5.91 Å². The summed E-state index contributed by atoms with van der Waals surface area (Å²) < 4.78 is 0. The van der Waals surface area contributed by atoms with E-state index in [0.29, 0.717) is 17.9 Å². The molecule has 0 bridgehead atoms. The minimum absolute atomic E-state index is 0. The maximum absolute atomic E-state index is 12.6. The van der Waals surface area contributed by atoms with Gasteiger partial charge in [0, 0.05) is 38.6 Å². The topological polar surface area (TPSA) is 60.0 Å². The number of halogens is 1. The molecule has 1 saturated carbocycles. The Bertz CT molecular complexity index is 501. The third-order valence-corrected chi connectivity index (χ3v) is 6.57. The average Bonchev–Trinajstić information content (AvgIpc) is 3.38. The molecule has 2 heterocycles. The van der Waals surface area contributed by atoms with E-state index in [2.05, 4.69) is 32.3 Å². The monoisotopic (exact) mass is 505 g/mol. The van der Waals surface area contributed by atoms with Crippen LogP contribution in [0.15, 0.2) is 4.99 Å².